The van der Waals surface area contributed by atoms with Crippen molar-refractivity contribution in [3.05, 3.63) is 80.4 Å². The lowest BCUT2D eigenvalue weighted by atomic mass is 10.2. The number of thiazole rings is 1. The molecule has 4 rings (SSSR count). The quantitative estimate of drug-likeness (QED) is 0.355. The fourth-order valence-electron chi connectivity index (χ4n) is 3.13. The Labute approximate surface area is 190 Å². The molecular formula is C25H25N3O3S. The van der Waals surface area contributed by atoms with E-state index in [4.69, 9.17) is 9.47 Å². The molecule has 0 aliphatic carbocycles. The summed E-state index contributed by atoms with van der Waals surface area (Å²) in [6, 6.07) is 15.6. The van der Waals surface area contributed by atoms with E-state index in [1.807, 2.05) is 73.7 Å². The Morgan fingerprint density at radius 1 is 1.00 bits per heavy atom. The summed E-state index contributed by atoms with van der Waals surface area (Å²) in [6.07, 6.45) is 7.63. The van der Waals surface area contributed by atoms with Gasteiger partial charge in [-0.1, -0.05) is 67.2 Å². The van der Waals surface area contributed by atoms with Crippen LogP contribution in [0.4, 0.5) is 0 Å². The molecule has 32 heavy (non-hydrogen) atoms. The van der Waals surface area contributed by atoms with Crippen LogP contribution in [0.3, 0.4) is 0 Å². The Morgan fingerprint density at radius 3 is 2.59 bits per heavy atom. The number of hydrogen-bond acceptors (Lipinski definition) is 6. The molecule has 4 aromatic rings. The molecule has 2 aromatic carbocycles. The highest BCUT2D eigenvalue weighted by atomic mass is 32.1. The van der Waals surface area contributed by atoms with Crippen molar-refractivity contribution in [2.45, 2.75) is 26.7 Å². The van der Waals surface area contributed by atoms with E-state index in [1.54, 1.807) is 0 Å². The van der Waals surface area contributed by atoms with Gasteiger partial charge in [-0.15, -0.1) is 5.10 Å². The molecule has 0 N–H and O–H groups in total. The topological polar surface area (TPSA) is 65.7 Å². The molecule has 0 fully saturated rings. The van der Waals surface area contributed by atoms with Gasteiger partial charge >= 0.3 is 0 Å². The molecule has 0 amide bonds. The number of fused-ring (bicyclic) bond motifs is 1. The maximum Gasteiger partial charge on any atom is 0.291 e. The first kappa shape index (κ1) is 21.8. The average Bonchev–Trinajstić information content (AvgIpc) is 3.33. The molecule has 0 aliphatic rings. The predicted molar refractivity (Wildman–Crippen MR) is 129 cm³/mol. The monoisotopic (exact) mass is 447 g/mol. The number of nitrogens with zero attached hydrogens (tertiary/aromatic N) is 3. The van der Waals surface area contributed by atoms with Crippen LogP contribution in [0.5, 0.6) is 11.5 Å². The second-order valence-electron chi connectivity index (χ2n) is 7.17. The van der Waals surface area contributed by atoms with Crippen molar-refractivity contribution in [1.29, 1.82) is 0 Å². The molecular weight excluding hydrogens is 422 g/mol. The van der Waals surface area contributed by atoms with E-state index < -0.39 is 0 Å². The Balaban J connectivity index is 1.60. The Hall–Kier alpha value is -3.45. The van der Waals surface area contributed by atoms with Gasteiger partial charge in [-0.2, -0.15) is 9.50 Å². The summed E-state index contributed by atoms with van der Waals surface area (Å²) in [5, 5.41) is 4.34. The van der Waals surface area contributed by atoms with E-state index in [-0.39, 0.29) is 5.56 Å². The molecule has 0 radical (unpaired) electrons. The molecule has 0 atom stereocenters. The summed E-state index contributed by atoms with van der Waals surface area (Å²) in [5.74, 6) is 1.91. The minimum Gasteiger partial charge on any atom is -0.490 e. The van der Waals surface area contributed by atoms with E-state index in [0.717, 1.165) is 29.7 Å². The van der Waals surface area contributed by atoms with Crippen molar-refractivity contribution < 1.29 is 9.47 Å². The number of unbranched alkanes of at least 4 members (excludes halogenated alkanes) is 1. The highest BCUT2D eigenvalue weighted by Gasteiger charge is 2.10. The van der Waals surface area contributed by atoms with Crippen LogP contribution in [-0.4, -0.2) is 27.8 Å². The Morgan fingerprint density at radius 2 is 1.84 bits per heavy atom. The SMILES string of the molecule is CCCCOc1ccc(/C=c2\sc3nc(/C=C/c4ccccc4)nn3c2=O)cc1OCC. The van der Waals surface area contributed by atoms with E-state index in [2.05, 4.69) is 17.0 Å². The molecule has 7 heteroatoms. The lowest BCUT2D eigenvalue weighted by Crippen LogP contribution is -2.23. The number of aromatic nitrogens is 3. The summed E-state index contributed by atoms with van der Waals surface area (Å²) < 4.78 is 13.5. The van der Waals surface area contributed by atoms with Gasteiger partial charge in [0.25, 0.3) is 5.56 Å². The standard InChI is InChI=1S/C25H25N3O3S/c1-3-5-15-31-20-13-11-19(16-21(20)30-4-2)17-22-24(29)28-25(32-22)26-23(27-28)14-12-18-9-7-6-8-10-18/h6-14,16-17H,3-5,15H2,1-2H3/b14-12+,22-17-. The van der Waals surface area contributed by atoms with Crippen molar-refractivity contribution in [1.82, 2.24) is 14.6 Å². The smallest absolute Gasteiger partial charge is 0.291 e. The average molecular weight is 448 g/mol. The van der Waals surface area contributed by atoms with E-state index in [0.29, 0.717) is 34.3 Å². The summed E-state index contributed by atoms with van der Waals surface area (Å²) >= 11 is 1.32. The van der Waals surface area contributed by atoms with Gasteiger partial charge in [0.2, 0.25) is 4.96 Å². The van der Waals surface area contributed by atoms with Crippen molar-refractivity contribution >= 4 is 34.5 Å². The van der Waals surface area contributed by atoms with Crippen LogP contribution in [0.15, 0.2) is 53.3 Å². The maximum atomic E-state index is 12.8. The molecule has 0 spiro atoms. The summed E-state index contributed by atoms with van der Waals surface area (Å²) in [5.41, 5.74) is 1.73. The second kappa shape index (κ2) is 10.2. The normalized spacial score (nSPS) is 12.1. The maximum absolute atomic E-state index is 12.8. The summed E-state index contributed by atoms with van der Waals surface area (Å²) in [6.45, 7) is 5.25. The molecule has 164 valence electrons. The highest BCUT2D eigenvalue weighted by molar-refractivity contribution is 7.15. The lowest BCUT2D eigenvalue weighted by molar-refractivity contribution is 0.272. The number of hydrogen-bond donors (Lipinski definition) is 0. The number of ether oxygens (including phenoxy) is 2. The minimum atomic E-state index is -0.182. The first-order valence-corrected chi connectivity index (χ1v) is 11.5. The largest absolute Gasteiger partial charge is 0.490 e. The molecule has 2 heterocycles. The van der Waals surface area contributed by atoms with Gasteiger partial charge < -0.3 is 9.47 Å². The lowest BCUT2D eigenvalue weighted by Gasteiger charge is -2.12. The van der Waals surface area contributed by atoms with Gasteiger partial charge in [0.15, 0.2) is 17.3 Å². The Kier molecular flexibility index (Phi) is 6.97. The second-order valence-corrected chi connectivity index (χ2v) is 8.17. The van der Waals surface area contributed by atoms with Gasteiger partial charge in [-0.3, -0.25) is 4.79 Å². The molecule has 0 aliphatic heterocycles. The molecule has 0 bridgehead atoms. The zero-order valence-corrected chi connectivity index (χ0v) is 19.0. The molecule has 0 saturated carbocycles. The summed E-state index contributed by atoms with van der Waals surface area (Å²) in [7, 11) is 0. The van der Waals surface area contributed by atoms with Crippen molar-refractivity contribution in [3.8, 4) is 11.5 Å². The minimum absolute atomic E-state index is 0.182. The third kappa shape index (κ3) is 5.06. The van der Waals surface area contributed by atoms with Crippen LogP contribution in [0.2, 0.25) is 0 Å². The van der Waals surface area contributed by atoms with Gasteiger partial charge in [-0.25, -0.2) is 0 Å². The first-order chi connectivity index (χ1) is 15.7. The predicted octanol–water partition coefficient (Wildman–Crippen LogP) is 4.45. The van der Waals surface area contributed by atoms with Gasteiger partial charge in [-0.05, 0) is 48.8 Å². The zero-order chi connectivity index (χ0) is 22.3. The third-order valence-corrected chi connectivity index (χ3v) is 5.70. The van der Waals surface area contributed by atoms with Gasteiger partial charge in [0.1, 0.15) is 0 Å². The van der Waals surface area contributed by atoms with E-state index >= 15 is 0 Å². The summed E-state index contributed by atoms with van der Waals surface area (Å²) in [4.78, 5) is 17.9. The molecule has 0 unspecified atom stereocenters. The van der Waals surface area contributed by atoms with Crippen molar-refractivity contribution in [2.75, 3.05) is 13.2 Å². The van der Waals surface area contributed by atoms with Crippen molar-refractivity contribution in [2.24, 2.45) is 0 Å². The van der Waals surface area contributed by atoms with Crippen LogP contribution >= 0.6 is 11.3 Å². The fraction of sp³-hybridized carbons (Fsp3) is 0.240. The van der Waals surface area contributed by atoms with Crippen LogP contribution in [-0.2, 0) is 0 Å². The van der Waals surface area contributed by atoms with Crippen LogP contribution < -0.4 is 19.6 Å². The Bertz CT molecular complexity index is 1330. The fourth-order valence-corrected chi connectivity index (χ4v) is 4.05. The highest BCUT2D eigenvalue weighted by Crippen LogP contribution is 2.29. The van der Waals surface area contributed by atoms with Gasteiger partial charge in [0.05, 0.1) is 17.7 Å². The first-order valence-electron chi connectivity index (χ1n) is 10.7. The third-order valence-electron chi connectivity index (χ3n) is 4.74. The van der Waals surface area contributed by atoms with E-state index in [9.17, 15) is 4.79 Å². The van der Waals surface area contributed by atoms with Crippen LogP contribution in [0.25, 0.3) is 23.2 Å². The molecule has 2 aromatic heterocycles. The number of rotatable bonds is 9. The molecule has 0 saturated heterocycles. The number of benzene rings is 2. The van der Waals surface area contributed by atoms with Crippen LogP contribution in [0.1, 0.15) is 43.6 Å². The zero-order valence-electron chi connectivity index (χ0n) is 18.2. The van der Waals surface area contributed by atoms with Crippen LogP contribution in [0, 0.1) is 0 Å². The molecule has 6 nitrogen and oxygen atoms in total. The van der Waals surface area contributed by atoms with E-state index in [1.165, 1.54) is 15.9 Å². The van der Waals surface area contributed by atoms with Gasteiger partial charge in [0, 0.05) is 0 Å². The van der Waals surface area contributed by atoms with Crippen molar-refractivity contribution in [3.63, 3.8) is 0 Å².